The summed E-state index contributed by atoms with van der Waals surface area (Å²) in [5.74, 6) is 5.02. The van der Waals surface area contributed by atoms with Crippen molar-refractivity contribution in [3.05, 3.63) is 69.2 Å². The molecule has 0 unspecified atom stereocenters. The van der Waals surface area contributed by atoms with Gasteiger partial charge in [0.15, 0.2) is 8.32 Å². The summed E-state index contributed by atoms with van der Waals surface area (Å²) >= 11 is 2.94. The molecule has 0 spiro atoms. The zero-order chi connectivity index (χ0) is 40.6. The summed E-state index contributed by atoms with van der Waals surface area (Å²) in [6.07, 6.45) is 12.9. The van der Waals surface area contributed by atoms with Crippen molar-refractivity contribution in [1.82, 2.24) is 0 Å². The fourth-order valence-electron chi connectivity index (χ4n) is 6.22. The van der Waals surface area contributed by atoms with Crippen molar-refractivity contribution in [3.63, 3.8) is 0 Å². The van der Waals surface area contributed by atoms with Crippen LogP contribution in [0.1, 0.15) is 94.9 Å². The fraction of sp³-hybridized carbons (Fsp3) is 0.650. The van der Waals surface area contributed by atoms with Gasteiger partial charge in [-0.3, -0.25) is 0 Å². The predicted octanol–water partition coefficient (Wildman–Crippen LogP) is 9.10. The van der Waals surface area contributed by atoms with E-state index in [1.165, 1.54) is 5.57 Å². The number of ether oxygens (including phenoxy) is 2. The van der Waals surface area contributed by atoms with Crippen molar-refractivity contribution in [3.8, 4) is 12.3 Å². The Morgan fingerprint density at radius 2 is 1.40 bits per heavy atom. The van der Waals surface area contributed by atoms with Crippen LogP contribution < -0.4 is 0 Å². The number of hydrogen-bond acceptors (Lipinski definition) is 3. The van der Waals surface area contributed by atoms with Crippen LogP contribution in [-0.2, 0) is 53.0 Å². The molecule has 1 rings (SSSR count). The molecule has 8 atom stereocenters. The van der Waals surface area contributed by atoms with E-state index in [-0.39, 0.29) is 24.2 Å². The van der Waals surface area contributed by atoms with Crippen LogP contribution >= 0.6 is 0 Å². The van der Waals surface area contributed by atoms with E-state index in [0.29, 0.717) is 30.3 Å². The van der Waals surface area contributed by atoms with Crippen LogP contribution in [0.5, 0.6) is 0 Å². The molecule has 0 saturated carbocycles. The summed E-state index contributed by atoms with van der Waals surface area (Å²) < 4.78 is 57.6. The number of hydrogen-bond donors (Lipinski definition) is 0. The minimum absolute atomic E-state index is 0.145. The third-order valence-electron chi connectivity index (χ3n) is 9.24. The van der Waals surface area contributed by atoms with Gasteiger partial charge in [0, 0.05) is 11.8 Å². The quantitative estimate of drug-likeness (QED) is 0.0456. The molecule has 0 aliphatic carbocycles. The second-order valence-electron chi connectivity index (χ2n) is 12.8. The molecule has 0 aromatic rings. The van der Waals surface area contributed by atoms with E-state index in [0.717, 1.165) is 59.5 Å². The molecular formula is C40H60CrO8Si. The molecule has 1 saturated heterocycles. The summed E-state index contributed by atoms with van der Waals surface area (Å²) in [5.41, 5.74) is 3.52. The Hall–Kier alpha value is -2.02. The second-order valence-corrected chi connectivity index (χ2v) is 18.1. The van der Waals surface area contributed by atoms with Gasteiger partial charge in [-0.15, -0.1) is 6.42 Å². The van der Waals surface area contributed by atoms with E-state index in [9.17, 15) is 0 Å². The van der Waals surface area contributed by atoms with Crippen LogP contribution in [0, 0.1) is 75.2 Å². The summed E-state index contributed by atoms with van der Waals surface area (Å²) in [7, 11) is -1.73. The molecule has 50 heavy (non-hydrogen) atoms. The molecule has 0 aromatic carbocycles. The van der Waals surface area contributed by atoms with Crippen LogP contribution in [0.4, 0.5) is 0 Å². The summed E-state index contributed by atoms with van der Waals surface area (Å²) in [6.45, 7) is 53.8. The van der Waals surface area contributed by atoms with Gasteiger partial charge >= 0.3 is 196 Å². The van der Waals surface area contributed by atoms with E-state index in [2.05, 4.69) is 137 Å². The predicted molar refractivity (Wildman–Crippen MR) is 192 cm³/mol. The molecular weight excluding hydrogens is 689 g/mol. The summed E-state index contributed by atoms with van der Waals surface area (Å²) in [6, 6.07) is 3.48. The third kappa shape index (κ3) is 22.7. The average Bonchev–Trinajstić information content (AvgIpc) is 3.14. The maximum absolute atomic E-state index is 7.50. The van der Waals surface area contributed by atoms with Crippen LogP contribution in [0.25, 0.3) is 0 Å². The van der Waals surface area contributed by atoms with Gasteiger partial charge in [-0.2, -0.15) is 0 Å². The Kier molecular flexibility index (Phi) is 40.6. The molecule has 278 valence electrons. The fourth-order valence-corrected chi connectivity index (χ4v) is 9.31. The summed E-state index contributed by atoms with van der Waals surface area (Å²) in [5, 5.41) is 0. The van der Waals surface area contributed by atoms with Crippen LogP contribution in [0.2, 0.25) is 18.1 Å². The zero-order valence-corrected chi connectivity index (χ0v) is 34.3. The van der Waals surface area contributed by atoms with Crippen LogP contribution in [0.3, 0.4) is 0 Å². The average molecular weight is 749 g/mol. The topological polar surface area (TPSA) is 127 Å². The molecule has 8 nitrogen and oxygen atoms in total. The molecule has 0 amide bonds. The molecule has 0 N–H and O–H groups in total. The number of rotatable bonds is 18. The maximum atomic E-state index is 7.50. The Balaban J connectivity index is -0.000000616. The standard InChI is InChI=1S/C35H60O3Si.5CO.Cr/c1-14-33-31(12)35(38-39(15-2,16-3)17-4)32(13)34(37-33)19-18-26(7)20-27(8)21-28(9)22-29(10)30(11)24-36-23-25(5)6;5*1-2;/h1,20,26,28-29,31-35H,5,11,15-19,21-22,24H2,2-4,6-10,12-13H3;;;;;;/b27-20+;;;;;;/t26-,28+,29-,31-,32-,33-,34+,35+;;;;;;/m1....../s1. The van der Waals surface area contributed by atoms with E-state index in [4.69, 9.17) is 43.6 Å². The SMILES string of the molecule is C#C[C@H]1O[C@@H](CC[C@@H](C)/C=C(\C)C[C@H](C)C[C@@H](C)C(=C)CO[C](=[Cr])C(=C)C)[C@@H](C)[C@@H](O[Si](CC)(CC)CC)[C@@H]1C.[C-]#[O+].[C-]#[O+].[C-]#[O+].[C-]#[O+].[C-]#[O+]. The van der Waals surface area contributed by atoms with Crippen molar-refractivity contribution < 1.29 is 53.0 Å². The number of terminal acetylenes is 1. The van der Waals surface area contributed by atoms with Gasteiger partial charge in [0.05, 0.1) is 12.2 Å². The Morgan fingerprint density at radius 1 is 0.920 bits per heavy atom. The van der Waals surface area contributed by atoms with E-state index in [1.807, 2.05) is 6.92 Å². The van der Waals surface area contributed by atoms with Gasteiger partial charge in [-0.25, -0.2) is 0 Å². The third-order valence-corrected chi connectivity index (χ3v) is 14.6. The van der Waals surface area contributed by atoms with Gasteiger partial charge in [0.2, 0.25) is 0 Å². The first-order valence-electron chi connectivity index (χ1n) is 16.7. The molecule has 1 aliphatic rings. The van der Waals surface area contributed by atoms with E-state index >= 15 is 0 Å². The molecule has 1 heterocycles. The minimum atomic E-state index is -1.73. The van der Waals surface area contributed by atoms with Gasteiger partial charge in [-0.1, -0.05) is 40.5 Å². The van der Waals surface area contributed by atoms with Gasteiger partial charge < -0.3 is 9.16 Å². The van der Waals surface area contributed by atoms with Gasteiger partial charge in [-0.05, 0) is 24.6 Å². The van der Waals surface area contributed by atoms with Crippen molar-refractivity contribution in [2.24, 2.45) is 29.6 Å². The first-order valence-corrected chi connectivity index (χ1v) is 19.9. The van der Waals surface area contributed by atoms with Crippen molar-refractivity contribution in [1.29, 1.82) is 0 Å². The molecule has 10 heteroatoms. The Labute approximate surface area is 313 Å². The van der Waals surface area contributed by atoms with Gasteiger partial charge in [0.1, 0.15) is 6.10 Å². The first-order chi connectivity index (χ1) is 23.7. The van der Waals surface area contributed by atoms with Gasteiger partial charge in [0.25, 0.3) is 0 Å². The number of allylic oxidation sites excluding steroid dienone is 2. The molecule has 1 aliphatic heterocycles. The van der Waals surface area contributed by atoms with E-state index < -0.39 is 8.32 Å². The second kappa shape index (κ2) is 35.4. The zero-order valence-electron chi connectivity index (χ0n) is 32.0. The van der Waals surface area contributed by atoms with Crippen LogP contribution in [0.15, 0.2) is 36.0 Å². The van der Waals surface area contributed by atoms with E-state index in [1.54, 1.807) is 0 Å². The Morgan fingerprint density at radius 3 is 1.82 bits per heavy atom. The van der Waals surface area contributed by atoms with Crippen LogP contribution in [-0.4, -0.2) is 37.8 Å². The first kappa shape index (κ1) is 57.3. The van der Waals surface area contributed by atoms with Crippen molar-refractivity contribution in [2.75, 3.05) is 6.61 Å². The summed E-state index contributed by atoms with van der Waals surface area (Å²) in [4.78, 5) is 0. The normalized spacial score (nSPS) is 21.0. The molecule has 0 radical (unpaired) electrons. The Bertz CT molecular complexity index is 1080. The molecule has 0 aromatic heterocycles. The monoisotopic (exact) mass is 748 g/mol. The van der Waals surface area contributed by atoms with Crippen molar-refractivity contribution in [2.45, 2.75) is 131 Å². The molecule has 1 fully saturated rings. The molecule has 0 bridgehead atoms. The van der Waals surface area contributed by atoms with Crippen molar-refractivity contribution >= 4 is 12.9 Å².